The molecule has 1 atom stereocenters. The molecule has 1 heterocycles. The third-order valence-corrected chi connectivity index (χ3v) is 4.63. The van der Waals surface area contributed by atoms with Gasteiger partial charge in [0.2, 0.25) is 11.8 Å². The van der Waals surface area contributed by atoms with E-state index in [0.717, 1.165) is 4.88 Å². The average Bonchev–Trinajstić information content (AvgIpc) is 3.09. The molecular formula is C17H17ClN2O4S. The van der Waals surface area contributed by atoms with Crippen LogP contribution in [0.4, 0.5) is 5.69 Å². The van der Waals surface area contributed by atoms with Gasteiger partial charge < -0.3 is 15.4 Å². The van der Waals surface area contributed by atoms with Gasteiger partial charge >= 0.3 is 5.97 Å². The summed E-state index contributed by atoms with van der Waals surface area (Å²) in [6.45, 7) is 1.40. The number of hydrogen-bond donors (Lipinski definition) is 2. The van der Waals surface area contributed by atoms with Crippen LogP contribution in [-0.2, 0) is 14.3 Å². The molecule has 1 aromatic heterocycles. The summed E-state index contributed by atoms with van der Waals surface area (Å²) < 4.78 is 4.65. The standard InChI is InChI=1S/C17H17ClN2O4S/c1-10(21)19-14(15-4-3-7-25-15)9-16(22)20-13-8-11(17(23)24-2)5-6-12(13)18/h3-8,14H,9H2,1-2H3,(H,19,21)(H,20,22). The number of carbonyl (C=O) groups excluding carboxylic acids is 3. The van der Waals surface area contributed by atoms with Crippen molar-refractivity contribution in [2.45, 2.75) is 19.4 Å². The lowest BCUT2D eigenvalue weighted by Gasteiger charge is -2.16. The quantitative estimate of drug-likeness (QED) is 0.752. The van der Waals surface area contributed by atoms with Gasteiger partial charge in [0.05, 0.1) is 35.8 Å². The lowest BCUT2D eigenvalue weighted by molar-refractivity contribution is -0.120. The summed E-state index contributed by atoms with van der Waals surface area (Å²) in [5, 5.41) is 7.60. The summed E-state index contributed by atoms with van der Waals surface area (Å²) in [6.07, 6.45) is 0.0405. The van der Waals surface area contributed by atoms with E-state index in [9.17, 15) is 14.4 Å². The Morgan fingerprint density at radius 2 is 2.04 bits per heavy atom. The molecule has 1 unspecified atom stereocenters. The van der Waals surface area contributed by atoms with E-state index in [4.69, 9.17) is 11.6 Å². The molecule has 2 aromatic rings. The molecule has 0 bridgehead atoms. The topological polar surface area (TPSA) is 84.5 Å². The van der Waals surface area contributed by atoms with Crippen LogP contribution in [0.5, 0.6) is 0 Å². The molecule has 25 heavy (non-hydrogen) atoms. The van der Waals surface area contributed by atoms with Gasteiger partial charge in [-0.2, -0.15) is 0 Å². The van der Waals surface area contributed by atoms with Crippen molar-refractivity contribution < 1.29 is 19.1 Å². The fourth-order valence-corrected chi connectivity index (χ4v) is 3.15. The molecule has 0 spiro atoms. The second-order valence-corrected chi connectivity index (χ2v) is 6.59. The average molecular weight is 381 g/mol. The highest BCUT2D eigenvalue weighted by atomic mass is 35.5. The smallest absolute Gasteiger partial charge is 0.337 e. The summed E-state index contributed by atoms with van der Waals surface area (Å²) in [5.41, 5.74) is 0.584. The number of ether oxygens (including phenoxy) is 1. The number of hydrogen-bond acceptors (Lipinski definition) is 5. The first-order chi connectivity index (χ1) is 11.9. The largest absolute Gasteiger partial charge is 0.465 e. The Kier molecular flexibility index (Phi) is 6.55. The Hall–Kier alpha value is -2.38. The third kappa shape index (κ3) is 5.30. The highest BCUT2D eigenvalue weighted by molar-refractivity contribution is 7.10. The van der Waals surface area contributed by atoms with Crippen molar-refractivity contribution in [3.8, 4) is 0 Å². The van der Waals surface area contributed by atoms with E-state index >= 15 is 0 Å². The lowest BCUT2D eigenvalue weighted by Crippen LogP contribution is -2.29. The molecule has 0 saturated heterocycles. The van der Waals surface area contributed by atoms with Crippen molar-refractivity contribution in [1.82, 2.24) is 5.32 Å². The van der Waals surface area contributed by atoms with Crippen molar-refractivity contribution in [2.75, 3.05) is 12.4 Å². The van der Waals surface area contributed by atoms with E-state index in [-0.39, 0.29) is 23.8 Å². The molecule has 132 valence electrons. The number of carbonyl (C=O) groups is 3. The first-order valence-corrected chi connectivity index (χ1v) is 8.64. The number of rotatable bonds is 6. The van der Waals surface area contributed by atoms with Crippen LogP contribution in [0.2, 0.25) is 5.02 Å². The van der Waals surface area contributed by atoms with Crippen LogP contribution in [0.15, 0.2) is 35.7 Å². The van der Waals surface area contributed by atoms with Gasteiger partial charge in [-0.15, -0.1) is 11.3 Å². The Labute approximate surface area is 154 Å². The van der Waals surface area contributed by atoms with Crippen LogP contribution in [0.3, 0.4) is 0 Å². The van der Waals surface area contributed by atoms with Crippen LogP contribution in [0.1, 0.15) is 34.6 Å². The molecule has 2 amide bonds. The molecule has 8 heteroatoms. The minimum absolute atomic E-state index is 0.0405. The van der Waals surface area contributed by atoms with Crippen molar-refractivity contribution in [2.24, 2.45) is 0 Å². The van der Waals surface area contributed by atoms with Gasteiger partial charge in [-0.05, 0) is 29.6 Å². The maximum Gasteiger partial charge on any atom is 0.337 e. The molecule has 0 aliphatic carbocycles. The Bertz CT molecular complexity index is 777. The monoisotopic (exact) mass is 380 g/mol. The molecule has 0 fully saturated rings. The Morgan fingerprint density at radius 3 is 2.64 bits per heavy atom. The van der Waals surface area contributed by atoms with Crippen molar-refractivity contribution in [3.63, 3.8) is 0 Å². The fraction of sp³-hybridized carbons (Fsp3) is 0.235. The number of methoxy groups -OCH3 is 1. The molecule has 0 aliphatic heterocycles. The normalized spacial score (nSPS) is 11.5. The van der Waals surface area contributed by atoms with Crippen molar-refractivity contribution in [1.29, 1.82) is 0 Å². The maximum absolute atomic E-state index is 12.4. The fourth-order valence-electron chi connectivity index (χ4n) is 2.21. The first kappa shape index (κ1) is 19.0. The summed E-state index contributed by atoms with van der Waals surface area (Å²) in [7, 11) is 1.27. The summed E-state index contributed by atoms with van der Waals surface area (Å²) in [5.74, 6) is -1.09. The lowest BCUT2D eigenvalue weighted by atomic mass is 10.1. The van der Waals surface area contributed by atoms with E-state index in [2.05, 4.69) is 15.4 Å². The second kappa shape index (κ2) is 8.64. The number of thiophene rings is 1. The van der Waals surface area contributed by atoms with E-state index in [1.54, 1.807) is 0 Å². The summed E-state index contributed by atoms with van der Waals surface area (Å²) >= 11 is 7.53. The van der Waals surface area contributed by atoms with Gasteiger partial charge in [-0.1, -0.05) is 17.7 Å². The van der Waals surface area contributed by atoms with Crippen LogP contribution in [0, 0.1) is 0 Å². The van der Waals surface area contributed by atoms with Crippen LogP contribution in [0.25, 0.3) is 0 Å². The highest BCUT2D eigenvalue weighted by Gasteiger charge is 2.19. The molecule has 0 radical (unpaired) electrons. The molecule has 1 aromatic carbocycles. The number of benzene rings is 1. The van der Waals surface area contributed by atoms with Crippen LogP contribution in [-0.4, -0.2) is 24.9 Å². The minimum atomic E-state index is -0.526. The van der Waals surface area contributed by atoms with Gasteiger partial charge in [0.25, 0.3) is 0 Å². The van der Waals surface area contributed by atoms with Gasteiger partial charge in [-0.25, -0.2) is 4.79 Å². The molecule has 2 N–H and O–H groups in total. The molecule has 0 aliphatic rings. The molecular weight excluding hydrogens is 364 g/mol. The van der Waals surface area contributed by atoms with Gasteiger partial charge in [0, 0.05) is 11.8 Å². The Morgan fingerprint density at radius 1 is 1.28 bits per heavy atom. The van der Waals surface area contributed by atoms with E-state index < -0.39 is 12.0 Å². The predicted molar refractivity (Wildman–Crippen MR) is 96.9 cm³/mol. The van der Waals surface area contributed by atoms with Gasteiger partial charge in [0.1, 0.15) is 0 Å². The van der Waals surface area contributed by atoms with E-state index in [1.807, 2.05) is 17.5 Å². The molecule has 6 nitrogen and oxygen atoms in total. The number of anilines is 1. The van der Waals surface area contributed by atoms with Crippen molar-refractivity contribution >= 4 is 46.4 Å². The van der Waals surface area contributed by atoms with Crippen LogP contribution >= 0.6 is 22.9 Å². The summed E-state index contributed by atoms with van der Waals surface area (Å²) in [4.78, 5) is 36.2. The zero-order chi connectivity index (χ0) is 18.4. The zero-order valence-electron chi connectivity index (χ0n) is 13.7. The van der Waals surface area contributed by atoms with Crippen LogP contribution < -0.4 is 10.6 Å². The number of halogens is 1. The number of nitrogens with one attached hydrogen (secondary N) is 2. The van der Waals surface area contributed by atoms with Gasteiger partial charge in [0.15, 0.2) is 0 Å². The molecule has 0 saturated carbocycles. The predicted octanol–water partition coefficient (Wildman–Crippen LogP) is 3.39. The minimum Gasteiger partial charge on any atom is -0.465 e. The first-order valence-electron chi connectivity index (χ1n) is 7.39. The van der Waals surface area contributed by atoms with Gasteiger partial charge in [-0.3, -0.25) is 9.59 Å². The highest BCUT2D eigenvalue weighted by Crippen LogP contribution is 2.26. The van der Waals surface area contributed by atoms with E-state index in [0.29, 0.717) is 10.7 Å². The molecule has 2 rings (SSSR count). The Balaban J connectivity index is 2.12. The third-order valence-electron chi connectivity index (χ3n) is 3.32. The zero-order valence-corrected chi connectivity index (χ0v) is 15.2. The second-order valence-electron chi connectivity index (χ2n) is 5.21. The SMILES string of the molecule is COC(=O)c1ccc(Cl)c(NC(=O)CC(NC(C)=O)c2cccs2)c1. The number of esters is 1. The van der Waals surface area contributed by atoms with Crippen molar-refractivity contribution in [3.05, 3.63) is 51.2 Å². The summed E-state index contributed by atoms with van der Waals surface area (Å²) in [6, 6.07) is 7.74. The van der Waals surface area contributed by atoms with E-state index in [1.165, 1.54) is 43.6 Å². The number of amides is 2. The maximum atomic E-state index is 12.4.